The van der Waals surface area contributed by atoms with E-state index in [0.29, 0.717) is 17.9 Å². The SMILES string of the molecule is Cc1cc(C(=O)N(Cc2ccccc2)C(C)C)nc2ccnn12. The number of carbonyl (C=O) groups excluding carboxylic acids is 1. The lowest BCUT2D eigenvalue weighted by Crippen LogP contribution is -2.37. The normalized spacial score (nSPS) is 11.1. The molecule has 0 aliphatic rings. The first-order valence-electron chi connectivity index (χ1n) is 7.72. The lowest BCUT2D eigenvalue weighted by atomic mass is 10.1. The second-order valence-electron chi connectivity index (χ2n) is 5.90. The van der Waals surface area contributed by atoms with Gasteiger partial charge in [0.15, 0.2) is 5.65 Å². The molecule has 0 atom stereocenters. The highest BCUT2D eigenvalue weighted by atomic mass is 16.2. The Labute approximate surface area is 135 Å². The van der Waals surface area contributed by atoms with Crippen molar-refractivity contribution in [1.82, 2.24) is 19.5 Å². The van der Waals surface area contributed by atoms with E-state index >= 15 is 0 Å². The summed E-state index contributed by atoms with van der Waals surface area (Å²) >= 11 is 0. The van der Waals surface area contributed by atoms with Crippen LogP contribution in [0.1, 0.15) is 35.6 Å². The van der Waals surface area contributed by atoms with Crippen molar-refractivity contribution < 1.29 is 4.79 Å². The second-order valence-corrected chi connectivity index (χ2v) is 5.90. The summed E-state index contributed by atoms with van der Waals surface area (Å²) in [5.74, 6) is -0.0596. The van der Waals surface area contributed by atoms with Gasteiger partial charge in [0.2, 0.25) is 0 Å². The van der Waals surface area contributed by atoms with Crippen molar-refractivity contribution in [1.29, 1.82) is 0 Å². The molecule has 23 heavy (non-hydrogen) atoms. The van der Waals surface area contributed by atoms with Crippen LogP contribution >= 0.6 is 0 Å². The third-order valence-corrected chi connectivity index (χ3v) is 3.84. The predicted octanol–water partition coefficient (Wildman–Crippen LogP) is 3.09. The minimum atomic E-state index is -0.0596. The number of aromatic nitrogens is 3. The fraction of sp³-hybridized carbons (Fsp3) is 0.278. The van der Waals surface area contributed by atoms with E-state index in [9.17, 15) is 4.79 Å². The highest BCUT2D eigenvalue weighted by Gasteiger charge is 2.21. The molecule has 2 heterocycles. The van der Waals surface area contributed by atoms with E-state index in [0.717, 1.165) is 11.3 Å². The molecule has 2 aromatic heterocycles. The number of carbonyl (C=O) groups is 1. The molecule has 1 amide bonds. The Morgan fingerprint density at radius 2 is 1.96 bits per heavy atom. The molecule has 5 heteroatoms. The zero-order valence-electron chi connectivity index (χ0n) is 13.6. The van der Waals surface area contributed by atoms with Crippen LogP contribution in [0.2, 0.25) is 0 Å². The first-order chi connectivity index (χ1) is 11.1. The summed E-state index contributed by atoms with van der Waals surface area (Å²) in [7, 11) is 0. The van der Waals surface area contributed by atoms with Crippen LogP contribution in [0.5, 0.6) is 0 Å². The van der Waals surface area contributed by atoms with Crippen molar-refractivity contribution in [2.45, 2.75) is 33.4 Å². The summed E-state index contributed by atoms with van der Waals surface area (Å²) in [6.07, 6.45) is 1.69. The quantitative estimate of drug-likeness (QED) is 0.744. The molecular weight excluding hydrogens is 288 g/mol. The van der Waals surface area contributed by atoms with Crippen molar-refractivity contribution in [3.63, 3.8) is 0 Å². The van der Waals surface area contributed by atoms with E-state index in [2.05, 4.69) is 10.1 Å². The molecule has 3 rings (SSSR count). The molecule has 0 saturated heterocycles. The Hall–Kier alpha value is -2.69. The van der Waals surface area contributed by atoms with Crippen LogP contribution in [0, 0.1) is 6.92 Å². The number of rotatable bonds is 4. The average Bonchev–Trinajstić information content (AvgIpc) is 3.02. The molecule has 5 nitrogen and oxygen atoms in total. The Kier molecular flexibility index (Phi) is 4.10. The van der Waals surface area contributed by atoms with Crippen molar-refractivity contribution in [3.05, 3.63) is 65.6 Å². The molecule has 3 aromatic rings. The average molecular weight is 308 g/mol. The van der Waals surface area contributed by atoms with Gasteiger partial charge in [-0.25, -0.2) is 9.50 Å². The Morgan fingerprint density at radius 1 is 1.22 bits per heavy atom. The fourth-order valence-corrected chi connectivity index (χ4v) is 2.59. The standard InChI is InChI=1S/C18H20N4O/c1-13(2)21(12-15-7-5-4-6-8-15)18(23)16-11-14(3)22-17(20-16)9-10-19-22/h4-11,13H,12H2,1-3H3. The molecule has 1 aromatic carbocycles. The molecule has 0 aliphatic carbocycles. The predicted molar refractivity (Wildman–Crippen MR) is 89.2 cm³/mol. The molecule has 0 radical (unpaired) electrons. The summed E-state index contributed by atoms with van der Waals surface area (Å²) in [5, 5.41) is 4.20. The maximum absolute atomic E-state index is 12.9. The highest BCUT2D eigenvalue weighted by Crippen LogP contribution is 2.14. The summed E-state index contributed by atoms with van der Waals surface area (Å²) in [4.78, 5) is 19.2. The third-order valence-electron chi connectivity index (χ3n) is 3.84. The van der Waals surface area contributed by atoms with Gasteiger partial charge in [0.1, 0.15) is 5.69 Å². The smallest absolute Gasteiger partial charge is 0.273 e. The monoisotopic (exact) mass is 308 g/mol. The number of hydrogen-bond acceptors (Lipinski definition) is 3. The lowest BCUT2D eigenvalue weighted by molar-refractivity contribution is 0.0684. The van der Waals surface area contributed by atoms with Crippen LogP contribution < -0.4 is 0 Å². The van der Waals surface area contributed by atoms with Crippen LogP contribution in [0.3, 0.4) is 0 Å². The summed E-state index contributed by atoms with van der Waals surface area (Å²) < 4.78 is 1.73. The van der Waals surface area contributed by atoms with Gasteiger partial charge >= 0.3 is 0 Å². The number of aryl methyl sites for hydroxylation is 1. The van der Waals surface area contributed by atoms with E-state index in [1.807, 2.05) is 56.0 Å². The molecule has 0 unspecified atom stereocenters. The van der Waals surface area contributed by atoms with Crippen LogP contribution in [0.25, 0.3) is 5.65 Å². The lowest BCUT2D eigenvalue weighted by Gasteiger charge is -2.26. The zero-order chi connectivity index (χ0) is 16.4. The van der Waals surface area contributed by atoms with Crippen LogP contribution in [-0.4, -0.2) is 31.4 Å². The van der Waals surface area contributed by atoms with Gasteiger partial charge < -0.3 is 4.90 Å². The van der Waals surface area contributed by atoms with Gasteiger partial charge in [-0.3, -0.25) is 4.79 Å². The van der Waals surface area contributed by atoms with Crippen molar-refractivity contribution in [2.75, 3.05) is 0 Å². The maximum Gasteiger partial charge on any atom is 0.273 e. The number of benzene rings is 1. The van der Waals surface area contributed by atoms with Gasteiger partial charge in [-0.2, -0.15) is 5.10 Å². The van der Waals surface area contributed by atoms with Gasteiger partial charge in [0, 0.05) is 24.3 Å². The van der Waals surface area contributed by atoms with E-state index in [4.69, 9.17) is 0 Å². The largest absolute Gasteiger partial charge is 0.331 e. The summed E-state index contributed by atoms with van der Waals surface area (Å²) in [6.45, 7) is 6.54. The third kappa shape index (κ3) is 3.08. The van der Waals surface area contributed by atoms with Crippen LogP contribution in [0.4, 0.5) is 0 Å². The van der Waals surface area contributed by atoms with Gasteiger partial charge in [-0.1, -0.05) is 30.3 Å². The van der Waals surface area contributed by atoms with Crippen molar-refractivity contribution in [3.8, 4) is 0 Å². The van der Waals surface area contributed by atoms with Crippen LogP contribution in [0.15, 0.2) is 48.7 Å². The minimum absolute atomic E-state index is 0.0596. The number of hydrogen-bond donors (Lipinski definition) is 0. The minimum Gasteiger partial charge on any atom is -0.331 e. The van der Waals surface area contributed by atoms with E-state index in [1.54, 1.807) is 22.8 Å². The van der Waals surface area contributed by atoms with Gasteiger partial charge in [0.25, 0.3) is 5.91 Å². The van der Waals surface area contributed by atoms with E-state index in [1.165, 1.54) is 0 Å². The molecule has 0 N–H and O–H groups in total. The zero-order valence-corrected chi connectivity index (χ0v) is 13.6. The molecule has 0 fully saturated rings. The number of nitrogens with zero attached hydrogens (tertiary/aromatic N) is 4. The molecule has 118 valence electrons. The molecular formula is C18H20N4O. The first kappa shape index (κ1) is 15.2. The van der Waals surface area contributed by atoms with Gasteiger partial charge in [-0.05, 0) is 32.4 Å². The number of fused-ring (bicyclic) bond motifs is 1. The number of amides is 1. The summed E-state index contributed by atoms with van der Waals surface area (Å²) in [6, 6.07) is 13.7. The Morgan fingerprint density at radius 3 is 2.65 bits per heavy atom. The van der Waals surface area contributed by atoms with Crippen molar-refractivity contribution >= 4 is 11.6 Å². The van der Waals surface area contributed by atoms with Crippen molar-refractivity contribution in [2.24, 2.45) is 0 Å². The van der Waals surface area contributed by atoms with Crippen LogP contribution in [-0.2, 0) is 6.54 Å². The van der Waals surface area contributed by atoms with E-state index < -0.39 is 0 Å². The topological polar surface area (TPSA) is 50.5 Å². The molecule has 0 spiro atoms. The molecule has 0 bridgehead atoms. The maximum atomic E-state index is 12.9. The fourth-order valence-electron chi connectivity index (χ4n) is 2.59. The van der Waals surface area contributed by atoms with E-state index in [-0.39, 0.29) is 11.9 Å². The van der Waals surface area contributed by atoms with Gasteiger partial charge in [0.05, 0.1) is 6.20 Å². The molecule has 0 aliphatic heterocycles. The summed E-state index contributed by atoms with van der Waals surface area (Å²) in [5.41, 5.74) is 3.15. The first-order valence-corrected chi connectivity index (χ1v) is 7.72. The highest BCUT2D eigenvalue weighted by molar-refractivity contribution is 5.93. The second kappa shape index (κ2) is 6.20. The molecule has 0 saturated carbocycles. The Balaban J connectivity index is 1.93. The Bertz CT molecular complexity index is 823. The van der Waals surface area contributed by atoms with Gasteiger partial charge in [-0.15, -0.1) is 0 Å².